The summed E-state index contributed by atoms with van der Waals surface area (Å²) in [5.41, 5.74) is 22.1. The van der Waals surface area contributed by atoms with E-state index < -0.39 is 10.8 Å². The van der Waals surface area contributed by atoms with Crippen LogP contribution in [0.25, 0.3) is 66.4 Å². The van der Waals surface area contributed by atoms with Crippen molar-refractivity contribution in [3.63, 3.8) is 0 Å². The van der Waals surface area contributed by atoms with Crippen LogP contribution in [0.5, 0.6) is 11.5 Å². The van der Waals surface area contributed by atoms with Crippen LogP contribution in [0.4, 0.5) is 0 Å². The summed E-state index contributed by atoms with van der Waals surface area (Å²) in [5.74, 6) is 1.81. The predicted molar refractivity (Wildman–Crippen MR) is 248 cm³/mol. The van der Waals surface area contributed by atoms with E-state index in [1.165, 1.54) is 111 Å². The molecule has 14 rings (SSSR count). The maximum Gasteiger partial charge on any atom is 0.132 e. The van der Waals surface area contributed by atoms with Crippen LogP contribution in [0.1, 0.15) is 44.5 Å². The summed E-state index contributed by atoms with van der Waals surface area (Å²) in [5, 5.41) is 2.59. The summed E-state index contributed by atoms with van der Waals surface area (Å²) >= 11 is 0. The smallest absolute Gasteiger partial charge is 0.132 e. The summed E-state index contributed by atoms with van der Waals surface area (Å²) in [6.45, 7) is 0. The van der Waals surface area contributed by atoms with E-state index in [1.807, 2.05) is 0 Å². The molecule has 61 heavy (non-hydrogen) atoms. The van der Waals surface area contributed by atoms with Crippen molar-refractivity contribution in [1.82, 2.24) is 0 Å². The SMILES string of the molecule is c1cc(-c2ccc3c(c2)C2(c4ccccc4O3)c3ccccc3-c3ccccc32)cc(-c2ccc3c(c2)C2(c4ccccc4-3)c3ccccc3-c3ccc4ccccc4c32)c1. The van der Waals surface area contributed by atoms with Crippen LogP contribution < -0.4 is 4.74 Å². The minimum atomic E-state index is -0.508. The van der Waals surface area contributed by atoms with Crippen molar-refractivity contribution >= 4 is 10.8 Å². The average molecular weight is 773 g/mol. The maximum atomic E-state index is 6.77. The third-order valence-corrected chi connectivity index (χ3v) is 14.3. The lowest BCUT2D eigenvalue weighted by Crippen LogP contribution is -2.32. The van der Waals surface area contributed by atoms with Gasteiger partial charge in [0.1, 0.15) is 11.5 Å². The second-order valence-electron chi connectivity index (χ2n) is 17.0. The molecule has 1 nitrogen and oxygen atoms in total. The van der Waals surface area contributed by atoms with E-state index in [1.54, 1.807) is 0 Å². The Balaban J connectivity index is 0.965. The van der Waals surface area contributed by atoms with E-state index in [4.69, 9.17) is 4.74 Å². The predicted octanol–water partition coefficient (Wildman–Crippen LogP) is 15.0. The van der Waals surface area contributed by atoms with Crippen LogP contribution in [-0.2, 0) is 10.8 Å². The molecule has 10 aromatic carbocycles. The Morgan fingerprint density at radius 1 is 0.262 bits per heavy atom. The topological polar surface area (TPSA) is 9.23 Å². The molecule has 1 heteroatoms. The van der Waals surface area contributed by atoms with Gasteiger partial charge in [0.25, 0.3) is 0 Å². The van der Waals surface area contributed by atoms with Gasteiger partial charge in [-0.1, -0.05) is 188 Å². The molecular weight excluding hydrogens is 737 g/mol. The third-order valence-electron chi connectivity index (χ3n) is 14.3. The Morgan fingerprint density at radius 3 is 1.39 bits per heavy atom. The van der Waals surface area contributed by atoms with Crippen molar-refractivity contribution in [1.29, 1.82) is 0 Å². The molecule has 0 fully saturated rings. The number of ether oxygens (including phenoxy) is 1. The summed E-state index contributed by atoms with van der Waals surface area (Å²) in [6, 6.07) is 81.4. The largest absolute Gasteiger partial charge is 0.457 e. The van der Waals surface area contributed by atoms with Crippen molar-refractivity contribution in [3.05, 3.63) is 263 Å². The monoisotopic (exact) mass is 772 g/mol. The first kappa shape index (κ1) is 33.1. The lowest BCUT2D eigenvalue weighted by molar-refractivity contribution is 0.436. The van der Waals surface area contributed by atoms with E-state index in [0.29, 0.717) is 0 Å². The zero-order valence-corrected chi connectivity index (χ0v) is 33.2. The lowest BCUT2D eigenvalue weighted by Gasteiger charge is -2.39. The van der Waals surface area contributed by atoms with E-state index in [0.717, 1.165) is 11.5 Å². The van der Waals surface area contributed by atoms with Gasteiger partial charge in [-0.25, -0.2) is 0 Å². The van der Waals surface area contributed by atoms with Gasteiger partial charge < -0.3 is 4.74 Å². The van der Waals surface area contributed by atoms with Crippen molar-refractivity contribution in [2.24, 2.45) is 0 Å². The first-order valence-corrected chi connectivity index (χ1v) is 21.3. The fourth-order valence-electron chi connectivity index (χ4n) is 12.0. The summed E-state index contributed by atoms with van der Waals surface area (Å²) in [6.07, 6.45) is 0. The van der Waals surface area contributed by atoms with Crippen LogP contribution in [0.3, 0.4) is 0 Å². The van der Waals surface area contributed by atoms with Crippen LogP contribution in [0, 0.1) is 0 Å². The molecule has 0 N–H and O–H groups in total. The molecule has 0 saturated carbocycles. The van der Waals surface area contributed by atoms with Crippen LogP contribution in [0.2, 0.25) is 0 Å². The highest BCUT2D eigenvalue weighted by atomic mass is 16.5. The van der Waals surface area contributed by atoms with Gasteiger partial charge in [-0.05, 0) is 130 Å². The number of fused-ring (bicyclic) bond motifs is 21. The zero-order chi connectivity index (χ0) is 39.9. The number of hydrogen-bond donors (Lipinski definition) is 0. The molecule has 0 amide bonds. The van der Waals surface area contributed by atoms with Gasteiger partial charge in [-0.3, -0.25) is 0 Å². The number of hydrogen-bond acceptors (Lipinski definition) is 1. The molecule has 0 aromatic heterocycles. The van der Waals surface area contributed by atoms with Gasteiger partial charge >= 0.3 is 0 Å². The molecule has 3 aliphatic carbocycles. The van der Waals surface area contributed by atoms with E-state index in [2.05, 4.69) is 218 Å². The van der Waals surface area contributed by atoms with Crippen LogP contribution in [0.15, 0.2) is 218 Å². The highest BCUT2D eigenvalue weighted by Gasteiger charge is 2.53. The Morgan fingerprint density at radius 2 is 0.721 bits per heavy atom. The molecule has 0 radical (unpaired) electrons. The van der Waals surface area contributed by atoms with E-state index in [9.17, 15) is 0 Å². The Kier molecular flexibility index (Phi) is 6.48. The second-order valence-corrected chi connectivity index (χ2v) is 17.0. The molecule has 0 bridgehead atoms. The van der Waals surface area contributed by atoms with Crippen molar-refractivity contribution < 1.29 is 4.74 Å². The van der Waals surface area contributed by atoms with Gasteiger partial charge in [0, 0.05) is 11.1 Å². The van der Waals surface area contributed by atoms with Gasteiger partial charge in [-0.15, -0.1) is 0 Å². The zero-order valence-electron chi connectivity index (χ0n) is 33.2. The number of para-hydroxylation sites is 1. The molecule has 0 saturated heterocycles. The first-order chi connectivity index (χ1) is 30.2. The normalized spacial score (nSPS) is 16.2. The molecule has 10 aromatic rings. The highest BCUT2D eigenvalue weighted by molar-refractivity contribution is 6.04. The summed E-state index contributed by atoms with van der Waals surface area (Å²) in [7, 11) is 0. The Bertz CT molecular complexity index is 3470. The average Bonchev–Trinajstić information content (AvgIpc) is 3.92. The second kappa shape index (κ2) is 11.9. The van der Waals surface area contributed by atoms with Crippen LogP contribution >= 0.6 is 0 Å². The van der Waals surface area contributed by atoms with Gasteiger partial charge in [0.15, 0.2) is 0 Å². The van der Waals surface area contributed by atoms with Gasteiger partial charge in [0.05, 0.1) is 10.8 Å². The molecule has 1 unspecified atom stereocenters. The fraction of sp³-hybridized carbons (Fsp3) is 0.0333. The van der Waals surface area contributed by atoms with E-state index in [-0.39, 0.29) is 0 Å². The Hall–Kier alpha value is -7.74. The minimum absolute atomic E-state index is 0.441. The quantitative estimate of drug-likeness (QED) is 0.170. The fourth-order valence-corrected chi connectivity index (χ4v) is 12.0. The summed E-state index contributed by atoms with van der Waals surface area (Å²) in [4.78, 5) is 0. The van der Waals surface area contributed by atoms with Crippen molar-refractivity contribution in [3.8, 4) is 67.1 Å². The van der Waals surface area contributed by atoms with Gasteiger partial charge in [-0.2, -0.15) is 0 Å². The molecule has 1 atom stereocenters. The van der Waals surface area contributed by atoms with Crippen molar-refractivity contribution in [2.75, 3.05) is 0 Å². The highest BCUT2D eigenvalue weighted by Crippen LogP contribution is 2.65. The Labute approximate surface area is 354 Å². The molecular formula is C60H36O. The first-order valence-electron chi connectivity index (χ1n) is 21.3. The molecule has 1 aliphatic heterocycles. The molecule has 2 spiro atoms. The van der Waals surface area contributed by atoms with E-state index >= 15 is 0 Å². The minimum Gasteiger partial charge on any atom is -0.457 e. The maximum absolute atomic E-state index is 6.77. The van der Waals surface area contributed by atoms with Crippen LogP contribution in [-0.4, -0.2) is 0 Å². The number of benzene rings is 10. The lowest BCUT2D eigenvalue weighted by atomic mass is 9.66. The third kappa shape index (κ3) is 4.11. The number of rotatable bonds is 2. The van der Waals surface area contributed by atoms with Gasteiger partial charge in [0.2, 0.25) is 0 Å². The molecule has 282 valence electrons. The summed E-state index contributed by atoms with van der Waals surface area (Å²) < 4.78 is 6.77. The molecule has 4 aliphatic rings. The standard InChI is InChI=1S/C60H36O/c1-2-17-42-37(14-1)28-32-48-46-21-6-10-25-52(46)60(58(42)48)51-24-9-5-20-45(51)47-31-29-40(35-54(47)60)38-15-13-16-39(34-38)41-30-33-57-55(36-41)59(53-26-11-12-27-56(53)61-57)49-22-7-3-18-43(49)44-19-4-8-23-50(44)59/h1-36H. The molecule has 1 heterocycles. The van der Waals surface area contributed by atoms with Crippen molar-refractivity contribution in [2.45, 2.75) is 10.8 Å².